The van der Waals surface area contributed by atoms with Gasteiger partial charge in [0.05, 0.1) is 16.8 Å². The van der Waals surface area contributed by atoms with Crippen molar-refractivity contribution >= 4 is 39.1 Å². The molecule has 0 saturated carbocycles. The van der Waals surface area contributed by atoms with Crippen molar-refractivity contribution in [2.24, 2.45) is 5.41 Å². The van der Waals surface area contributed by atoms with E-state index in [0.717, 1.165) is 4.47 Å². The fourth-order valence-electron chi connectivity index (χ4n) is 2.57. The van der Waals surface area contributed by atoms with Crippen molar-refractivity contribution in [2.45, 2.75) is 33.1 Å². The monoisotopic (exact) mass is 324 g/mol. The molecule has 1 heterocycles. The number of anilines is 2. The largest absolute Gasteiger partial charge is 0.397 e. The van der Waals surface area contributed by atoms with Crippen LogP contribution in [0, 0.1) is 5.41 Å². The summed E-state index contributed by atoms with van der Waals surface area (Å²) in [5.74, 6) is -0.292. The van der Waals surface area contributed by atoms with Crippen molar-refractivity contribution in [2.75, 3.05) is 10.6 Å². The zero-order valence-electron chi connectivity index (χ0n) is 11.1. The second-order valence-electron chi connectivity index (χ2n) is 4.90. The van der Waals surface area contributed by atoms with Crippen molar-refractivity contribution in [1.82, 2.24) is 0 Å². The van der Waals surface area contributed by atoms with Gasteiger partial charge in [0.1, 0.15) is 0 Å². The number of hydrogen-bond donors (Lipinski definition) is 1. The van der Waals surface area contributed by atoms with E-state index in [1.165, 1.54) is 4.90 Å². The highest BCUT2D eigenvalue weighted by Gasteiger charge is 2.49. The van der Waals surface area contributed by atoms with Crippen molar-refractivity contribution < 1.29 is 9.59 Å². The van der Waals surface area contributed by atoms with Crippen molar-refractivity contribution in [3.8, 4) is 0 Å². The van der Waals surface area contributed by atoms with Crippen LogP contribution in [0.25, 0.3) is 0 Å². The number of rotatable bonds is 3. The molecule has 0 radical (unpaired) electrons. The number of nitrogens with two attached hydrogens (primary N) is 1. The summed E-state index contributed by atoms with van der Waals surface area (Å²) in [5, 5.41) is 0. The summed E-state index contributed by atoms with van der Waals surface area (Å²) in [4.78, 5) is 26.0. The fraction of sp³-hybridized carbons (Fsp3) is 0.429. The van der Waals surface area contributed by atoms with Gasteiger partial charge in [-0.25, -0.2) is 4.90 Å². The minimum atomic E-state index is -0.559. The third-order valence-corrected chi connectivity index (χ3v) is 4.47. The molecule has 0 atom stereocenters. The lowest BCUT2D eigenvalue weighted by Crippen LogP contribution is -2.35. The summed E-state index contributed by atoms with van der Waals surface area (Å²) in [6.45, 7) is 3.90. The molecule has 1 aromatic carbocycles. The Hall–Kier alpha value is -1.36. The minimum Gasteiger partial charge on any atom is -0.397 e. The number of amides is 2. The van der Waals surface area contributed by atoms with Gasteiger partial charge in [-0.15, -0.1) is 0 Å². The predicted octanol–water partition coefficient (Wildman–Crippen LogP) is 3.10. The molecule has 4 nitrogen and oxygen atoms in total. The Labute approximate surface area is 121 Å². The third kappa shape index (κ3) is 2.16. The van der Waals surface area contributed by atoms with E-state index in [0.29, 0.717) is 24.2 Å². The van der Waals surface area contributed by atoms with Crippen LogP contribution in [-0.2, 0) is 9.59 Å². The van der Waals surface area contributed by atoms with Gasteiger partial charge in [0, 0.05) is 10.9 Å². The number of carbonyl (C=O) groups excluding carboxylic acids is 2. The number of nitrogens with zero attached hydrogens (tertiary/aromatic N) is 1. The van der Waals surface area contributed by atoms with Crippen LogP contribution < -0.4 is 10.6 Å². The lowest BCUT2D eigenvalue weighted by molar-refractivity contribution is -0.126. The normalized spacial score (nSPS) is 18.2. The molecule has 1 aromatic rings. The van der Waals surface area contributed by atoms with Crippen LogP contribution in [0.4, 0.5) is 11.4 Å². The molecule has 2 N–H and O–H groups in total. The van der Waals surface area contributed by atoms with Gasteiger partial charge in [-0.1, -0.05) is 29.8 Å². The molecule has 1 fully saturated rings. The maximum atomic E-state index is 12.6. The molecule has 0 unspecified atom stereocenters. The van der Waals surface area contributed by atoms with Gasteiger partial charge >= 0.3 is 0 Å². The van der Waals surface area contributed by atoms with E-state index in [9.17, 15) is 9.59 Å². The molecule has 2 amide bonds. The number of carbonyl (C=O) groups is 2. The van der Waals surface area contributed by atoms with Crippen LogP contribution in [0.15, 0.2) is 22.7 Å². The molecule has 0 spiro atoms. The third-order valence-electron chi connectivity index (χ3n) is 3.98. The number of benzene rings is 1. The number of hydrogen-bond acceptors (Lipinski definition) is 3. The zero-order valence-corrected chi connectivity index (χ0v) is 12.7. The Morgan fingerprint density at radius 3 is 2.42 bits per heavy atom. The van der Waals surface area contributed by atoms with Crippen LogP contribution in [0.3, 0.4) is 0 Å². The molecule has 1 saturated heterocycles. The lowest BCUT2D eigenvalue weighted by atomic mass is 9.81. The molecule has 19 heavy (non-hydrogen) atoms. The fourth-order valence-corrected chi connectivity index (χ4v) is 2.95. The van der Waals surface area contributed by atoms with E-state index in [1.807, 2.05) is 13.8 Å². The highest BCUT2D eigenvalue weighted by Crippen LogP contribution is 2.42. The van der Waals surface area contributed by atoms with Gasteiger partial charge in [0.2, 0.25) is 11.8 Å². The Kier molecular flexibility index (Phi) is 3.67. The first kappa shape index (κ1) is 14.1. The molecule has 0 aromatic heterocycles. The molecule has 1 aliphatic rings. The molecule has 0 aliphatic carbocycles. The number of imide groups is 1. The summed E-state index contributed by atoms with van der Waals surface area (Å²) >= 11 is 3.32. The molecule has 5 heteroatoms. The molecular weight excluding hydrogens is 308 g/mol. The zero-order chi connectivity index (χ0) is 14.2. The van der Waals surface area contributed by atoms with Crippen molar-refractivity contribution in [1.29, 1.82) is 0 Å². The Morgan fingerprint density at radius 1 is 1.32 bits per heavy atom. The Morgan fingerprint density at radius 2 is 1.95 bits per heavy atom. The second-order valence-corrected chi connectivity index (χ2v) is 5.82. The van der Waals surface area contributed by atoms with E-state index in [4.69, 9.17) is 5.73 Å². The van der Waals surface area contributed by atoms with E-state index < -0.39 is 5.41 Å². The van der Waals surface area contributed by atoms with Crippen LogP contribution >= 0.6 is 15.9 Å². The SMILES string of the molecule is CCC1(CC)CC(=O)N(c2ccc(Br)cc2N)C1=O. The molecule has 0 bridgehead atoms. The smallest absolute Gasteiger partial charge is 0.240 e. The van der Waals surface area contributed by atoms with E-state index in [1.54, 1.807) is 18.2 Å². The van der Waals surface area contributed by atoms with Crippen molar-refractivity contribution in [3.05, 3.63) is 22.7 Å². The predicted molar refractivity (Wildman–Crippen MR) is 78.7 cm³/mol. The quantitative estimate of drug-likeness (QED) is 0.686. The van der Waals surface area contributed by atoms with Crippen LogP contribution in [0.1, 0.15) is 33.1 Å². The first-order chi connectivity index (χ1) is 8.95. The first-order valence-electron chi connectivity index (χ1n) is 6.37. The maximum absolute atomic E-state index is 12.6. The van der Waals surface area contributed by atoms with Gasteiger partial charge in [0.25, 0.3) is 0 Å². The average Bonchev–Trinajstić information content (AvgIpc) is 2.62. The highest BCUT2D eigenvalue weighted by molar-refractivity contribution is 9.10. The van der Waals surface area contributed by atoms with Gasteiger partial charge in [-0.2, -0.15) is 0 Å². The first-order valence-corrected chi connectivity index (χ1v) is 7.17. The van der Waals surface area contributed by atoms with Crippen molar-refractivity contribution in [3.63, 3.8) is 0 Å². The van der Waals surface area contributed by atoms with E-state index in [2.05, 4.69) is 15.9 Å². The van der Waals surface area contributed by atoms with E-state index in [-0.39, 0.29) is 18.2 Å². The summed E-state index contributed by atoms with van der Waals surface area (Å²) in [7, 11) is 0. The molecule has 2 rings (SSSR count). The van der Waals surface area contributed by atoms with Gasteiger partial charge in [0.15, 0.2) is 0 Å². The summed E-state index contributed by atoms with van der Waals surface area (Å²) in [6.07, 6.45) is 1.61. The maximum Gasteiger partial charge on any atom is 0.240 e. The van der Waals surface area contributed by atoms with Gasteiger partial charge < -0.3 is 5.73 Å². The molecular formula is C14H17BrN2O2. The second kappa shape index (κ2) is 4.96. The van der Waals surface area contributed by atoms with E-state index >= 15 is 0 Å². The molecule has 1 aliphatic heterocycles. The Balaban J connectivity index is 2.46. The van der Waals surface area contributed by atoms with Gasteiger partial charge in [-0.05, 0) is 31.0 Å². The highest BCUT2D eigenvalue weighted by atomic mass is 79.9. The van der Waals surface area contributed by atoms with Gasteiger partial charge in [-0.3, -0.25) is 9.59 Å². The number of halogens is 1. The van der Waals surface area contributed by atoms with Crippen LogP contribution in [0.2, 0.25) is 0 Å². The lowest BCUT2D eigenvalue weighted by Gasteiger charge is -2.24. The summed E-state index contributed by atoms with van der Waals surface area (Å²) < 4.78 is 0.824. The minimum absolute atomic E-state index is 0.128. The standard InChI is InChI=1S/C14H17BrN2O2/c1-3-14(4-2)8-12(18)17(13(14)19)11-6-5-9(15)7-10(11)16/h5-7H,3-4,8,16H2,1-2H3. The molecule has 102 valence electrons. The average molecular weight is 325 g/mol. The number of nitrogen functional groups attached to an aromatic ring is 1. The summed E-state index contributed by atoms with van der Waals surface area (Å²) in [6, 6.07) is 5.19. The van der Waals surface area contributed by atoms with Crippen LogP contribution in [0.5, 0.6) is 0 Å². The Bertz CT molecular complexity index is 538. The van der Waals surface area contributed by atoms with Crippen LogP contribution in [-0.4, -0.2) is 11.8 Å². The summed E-state index contributed by atoms with van der Waals surface area (Å²) in [5.41, 5.74) is 6.28. The topological polar surface area (TPSA) is 63.4 Å².